The minimum Gasteiger partial charge on any atom is -0.375 e. The lowest BCUT2D eigenvalue weighted by Crippen LogP contribution is -2.37. The standard InChI is InChI=1S/C15H17N3O2S.ClH/c16-11(8-10-4-2-1-3-5-10)14(19)18-15-17-12-6-7-20-9-13(12)21-15;/h1-5,11H,6-9,16H2,(H,17,18,19);1H/t11-;/m0./s1. The minimum atomic E-state index is -0.579. The van der Waals surface area contributed by atoms with Gasteiger partial charge in [-0.3, -0.25) is 4.79 Å². The molecule has 0 bridgehead atoms. The first-order valence-corrected chi connectivity index (χ1v) is 7.71. The van der Waals surface area contributed by atoms with Crippen LogP contribution in [0.4, 0.5) is 5.13 Å². The van der Waals surface area contributed by atoms with Gasteiger partial charge in [0, 0.05) is 6.42 Å². The van der Waals surface area contributed by atoms with Gasteiger partial charge in [-0.05, 0) is 12.0 Å². The Labute approximate surface area is 139 Å². The van der Waals surface area contributed by atoms with E-state index in [1.54, 1.807) is 0 Å². The number of carbonyl (C=O) groups is 1. The van der Waals surface area contributed by atoms with Crippen LogP contribution in [0, 0.1) is 0 Å². The number of rotatable bonds is 4. The predicted octanol–water partition coefficient (Wildman–Crippen LogP) is 2.15. The van der Waals surface area contributed by atoms with Crippen LogP contribution >= 0.6 is 23.7 Å². The molecule has 1 aliphatic heterocycles. The van der Waals surface area contributed by atoms with Crippen LogP contribution in [-0.2, 0) is 29.0 Å². The molecule has 1 aromatic carbocycles. The van der Waals surface area contributed by atoms with Gasteiger partial charge in [-0.1, -0.05) is 41.7 Å². The molecular weight excluding hydrogens is 322 g/mol. The summed E-state index contributed by atoms with van der Waals surface area (Å²) in [5.74, 6) is -0.203. The van der Waals surface area contributed by atoms with E-state index in [2.05, 4.69) is 10.3 Å². The van der Waals surface area contributed by atoms with Crippen molar-refractivity contribution in [2.24, 2.45) is 5.73 Å². The number of amides is 1. The fourth-order valence-corrected chi connectivity index (χ4v) is 3.19. The van der Waals surface area contributed by atoms with Crippen LogP contribution in [0.1, 0.15) is 16.1 Å². The third kappa shape index (κ3) is 4.04. The van der Waals surface area contributed by atoms with Gasteiger partial charge in [0.25, 0.3) is 0 Å². The van der Waals surface area contributed by atoms with Gasteiger partial charge in [0.15, 0.2) is 5.13 Å². The minimum absolute atomic E-state index is 0. The first-order chi connectivity index (χ1) is 10.2. The average molecular weight is 340 g/mol. The smallest absolute Gasteiger partial charge is 0.243 e. The zero-order chi connectivity index (χ0) is 14.7. The molecule has 0 saturated carbocycles. The van der Waals surface area contributed by atoms with E-state index in [9.17, 15) is 4.79 Å². The topological polar surface area (TPSA) is 77.2 Å². The first-order valence-electron chi connectivity index (χ1n) is 6.89. The van der Waals surface area contributed by atoms with Gasteiger partial charge in [-0.25, -0.2) is 4.98 Å². The molecule has 3 rings (SSSR count). The quantitative estimate of drug-likeness (QED) is 0.894. The summed E-state index contributed by atoms with van der Waals surface area (Å²) in [5, 5.41) is 3.42. The van der Waals surface area contributed by atoms with Crippen molar-refractivity contribution >= 4 is 34.8 Å². The lowest BCUT2D eigenvalue weighted by Gasteiger charge is -2.10. The van der Waals surface area contributed by atoms with Crippen molar-refractivity contribution in [3.63, 3.8) is 0 Å². The highest BCUT2D eigenvalue weighted by atomic mass is 35.5. The van der Waals surface area contributed by atoms with Crippen LogP contribution in [0.5, 0.6) is 0 Å². The van der Waals surface area contributed by atoms with Gasteiger partial charge in [-0.15, -0.1) is 12.4 Å². The summed E-state index contributed by atoms with van der Waals surface area (Å²) in [6.45, 7) is 1.27. The number of nitrogens with one attached hydrogen (secondary N) is 1. The number of benzene rings is 1. The molecule has 2 aromatic rings. The Bertz CT molecular complexity index is 609. The van der Waals surface area contributed by atoms with E-state index >= 15 is 0 Å². The number of ether oxygens (including phenoxy) is 1. The molecule has 0 unspecified atom stereocenters. The van der Waals surface area contributed by atoms with E-state index in [0.29, 0.717) is 24.8 Å². The van der Waals surface area contributed by atoms with Gasteiger partial charge >= 0.3 is 0 Å². The fraction of sp³-hybridized carbons (Fsp3) is 0.333. The molecular formula is C15H18ClN3O2S. The molecule has 1 aromatic heterocycles. The van der Waals surface area contributed by atoms with Crippen LogP contribution in [0.15, 0.2) is 30.3 Å². The molecule has 1 atom stereocenters. The molecule has 3 N–H and O–H groups in total. The Morgan fingerprint density at radius 1 is 1.41 bits per heavy atom. The van der Waals surface area contributed by atoms with Gasteiger partial charge in [0.05, 0.1) is 29.8 Å². The van der Waals surface area contributed by atoms with E-state index < -0.39 is 6.04 Å². The molecule has 7 heteroatoms. The number of fused-ring (bicyclic) bond motifs is 1. The second-order valence-corrected chi connectivity index (χ2v) is 6.06. The molecule has 22 heavy (non-hydrogen) atoms. The van der Waals surface area contributed by atoms with E-state index in [1.165, 1.54) is 11.3 Å². The molecule has 0 fully saturated rings. The third-order valence-corrected chi connectivity index (χ3v) is 4.35. The molecule has 0 saturated heterocycles. The van der Waals surface area contributed by atoms with Gasteiger partial charge < -0.3 is 15.8 Å². The summed E-state index contributed by atoms with van der Waals surface area (Å²) >= 11 is 1.46. The maximum atomic E-state index is 12.1. The first kappa shape index (κ1) is 16.9. The summed E-state index contributed by atoms with van der Waals surface area (Å²) < 4.78 is 5.37. The van der Waals surface area contributed by atoms with Crippen molar-refractivity contribution in [2.75, 3.05) is 11.9 Å². The highest BCUT2D eigenvalue weighted by Crippen LogP contribution is 2.27. The summed E-state index contributed by atoms with van der Waals surface area (Å²) in [5.41, 5.74) is 8.03. The summed E-state index contributed by atoms with van der Waals surface area (Å²) in [4.78, 5) is 17.7. The van der Waals surface area contributed by atoms with Gasteiger partial charge in [0.1, 0.15) is 0 Å². The number of carbonyl (C=O) groups excluding carboxylic acids is 1. The predicted molar refractivity (Wildman–Crippen MR) is 89.5 cm³/mol. The number of anilines is 1. The van der Waals surface area contributed by atoms with Crippen molar-refractivity contribution < 1.29 is 9.53 Å². The molecule has 0 radical (unpaired) electrons. The third-order valence-electron chi connectivity index (χ3n) is 3.36. The van der Waals surface area contributed by atoms with Crippen LogP contribution < -0.4 is 11.1 Å². The maximum Gasteiger partial charge on any atom is 0.243 e. The second kappa shape index (κ2) is 7.69. The largest absolute Gasteiger partial charge is 0.375 e. The summed E-state index contributed by atoms with van der Waals surface area (Å²) in [6, 6.07) is 9.17. The molecule has 5 nitrogen and oxygen atoms in total. The zero-order valence-electron chi connectivity index (χ0n) is 12.0. The Hall–Kier alpha value is -1.47. The zero-order valence-corrected chi connectivity index (χ0v) is 13.6. The number of nitrogens with two attached hydrogens (primary N) is 1. The van der Waals surface area contributed by atoms with Crippen LogP contribution in [-0.4, -0.2) is 23.5 Å². The normalized spacial score (nSPS) is 14.6. The number of halogens is 1. The Kier molecular flexibility index (Phi) is 5.90. The van der Waals surface area contributed by atoms with Crippen LogP contribution in [0.3, 0.4) is 0 Å². The molecule has 2 heterocycles. The number of nitrogens with zero attached hydrogens (tertiary/aromatic N) is 1. The molecule has 0 aliphatic carbocycles. The monoisotopic (exact) mass is 339 g/mol. The molecule has 118 valence electrons. The Morgan fingerprint density at radius 3 is 2.91 bits per heavy atom. The van der Waals surface area contributed by atoms with Gasteiger partial charge in [0.2, 0.25) is 5.91 Å². The average Bonchev–Trinajstić information content (AvgIpc) is 2.90. The van der Waals surface area contributed by atoms with E-state index in [1.807, 2.05) is 30.3 Å². The molecule has 1 amide bonds. The van der Waals surface area contributed by atoms with Crippen molar-refractivity contribution in [3.05, 3.63) is 46.5 Å². The second-order valence-electron chi connectivity index (χ2n) is 4.98. The lowest BCUT2D eigenvalue weighted by molar-refractivity contribution is -0.117. The fourth-order valence-electron chi connectivity index (χ4n) is 2.24. The van der Waals surface area contributed by atoms with Crippen molar-refractivity contribution in [3.8, 4) is 0 Å². The van der Waals surface area contributed by atoms with E-state index in [0.717, 1.165) is 22.6 Å². The van der Waals surface area contributed by atoms with Crippen LogP contribution in [0.2, 0.25) is 0 Å². The van der Waals surface area contributed by atoms with Crippen molar-refractivity contribution in [1.29, 1.82) is 0 Å². The van der Waals surface area contributed by atoms with Crippen LogP contribution in [0.25, 0.3) is 0 Å². The summed E-state index contributed by atoms with van der Waals surface area (Å²) in [6.07, 6.45) is 1.32. The van der Waals surface area contributed by atoms with E-state index in [4.69, 9.17) is 10.5 Å². The number of thiazole rings is 1. The maximum absolute atomic E-state index is 12.1. The summed E-state index contributed by atoms with van der Waals surface area (Å²) in [7, 11) is 0. The molecule has 1 aliphatic rings. The Morgan fingerprint density at radius 2 is 2.18 bits per heavy atom. The lowest BCUT2D eigenvalue weighted by atomic mass is 10.1. The number of hydrogen-bond acceptors (Lipinski definition) is 5. The van der Waals surface area contributed by atoms with Crippen molar-refractivity contribution in [1.82, 2.24) is 4.98 Å². The highest BCUT2D eigenvalue weighted by Gasteiger charge is 2.19. The van der Waals surface area contributed by atoms with Crippen molar-refractivity contribution in [2.45, 2.75) is 25.5 Å². The number of hydrogen-bond donors (Lipinski definition) is 2. The molecule has 0 spiro atoms. The highest BCUT2D eigenvalue weighted by molar-refractivity contribution is 7.15. The SMILES string of the molecule is Cl.N[C@@H](Cc1ccccc1)C(=O)Nc1nc2c(s1)COCC2. The van der Waals surface area contributed by atoms with Gasteiger partial charge in [-0.2, -0.15) is 0 Å². The van der Waals surface area contributed by atoms with E-state index in [-0.39, 0.29) is 18.3 Å². The Balaban J connectivity index is 0.00000176. The number of aromatic nitrogens is 1.